The van der Waals surface area contributed by atoms with E-state index in [-0.39, 0.29) is 17.9 Å². The molecule has 22 heavy (non-hydrogen) atoms. The van der Waals surface area contributed by atoms with Crippen LogP contribution in [-0.4, -0.2) is 31.3 Å². The van der Waals surface area contributed by atoms with E-state index in [2.05, 4.69) is 5.32 Å². The summed E-state index contributed by atoms with van der Waals surface area (Å²) >= 11 is 0. The van der Waals surface area contributed by atoms with Crippen molar-refractivity contribution in [2.24, 2.45) is 5.41 Å². The fourth-order valence-corrected chi connectivity index (χ4v) is 3.26. The van der Waals surface area contributed by atoms with E-state index < -0.39 is 0 Å². The number of nitrogens with one attached hydrogen (secondary N) is 1. The van der Waals surface area contributed by atoms with E-state index in [0.29, 0.717) is 13.2 Å². The molecule has 4 heteroatoms. The maximum absolute atomic E-state index is 12.6. The summed E-state index contributed by atoms with van der Waals surface area (Å²) in [7, 11) is 1.69. The summed E-state index contributed by atoms with van der Waals surface area (Å²) < 4.78 is 5.17. The highest BCUT2D eigenvalue weighted by Gasteiger charge is 2.40. The first-order chi connectivity index (χ1) is 10.7. The van der Waals surface area contributed by atoms with E-state index in [1.54, 1.807) is 7.11 Å². The number of ether oxygens (including phenoxy) is 1. The minimum Gasteiger partial charge on any atom is -0.392 e. The Labute approximate surface area is 132 Å². The minimum atomic E-state index is -0.212. The van der Waals surface area contributed by atoms with E-state index in [9.17, 15) is 4.79 Å². The van der Waals surface area contributed by atoms with Gasteiger partial charge in [0.15, 0.2) is 0 Å². The Morgan fingerprint density at radius 3 is 2.45 bits per heavy atom. The van der Waals surface area contributed by atoms with Gasteiger partial charge in [-0.05, 0) is 36.8 Å². The second kappa shape index (κ2) is 8.30. The van der Waals surface area contributed by atoms with Crippen molar-refractivity contribution in [3.63, 3.8) is 0 Å². The fraction of sp³-hybridized carbons (Fsp3) is 0.611. The summed E-state index contributed by atoms with van der Waals surface area (Å²) in [5, 5.41) is 12.1. The van der Waals surface area contributed by atoms with Gasteiger partial charge in [-0.1, -0.05) is 37.1 Å². The van der Waals surface area contributed by atoms with Crippen LogP contribution in [-0.2, 0) is 22.6 Å². The lowest BCUT2D eigenvalue weighted by atomic mass is 9.82. The van der Waals surface area contributed by atoms with Crippen LogP contribution in [0.3, 0.4) is 0 Å². The molecule has 1 amide bonds. The first-order valence-electron chi connectivity index (χ1n) is 8.16. The highest BCUT2D eigenvalue weighted by atomic mass is 16.5. The second-order valence-electron chi connectivity index (χ2n) is 6.21. The van der Waals surface area contributed by atoms with Gasteiger partial charge in [0.2, 0.25) is 5.91 Å². The zero-order valence-electron chi connectivity index (χ0n) is 13.4. The molecule has 0 unspecified atom stereocenters. The van der Waals surface area contributed by atoms with Crippen LogP contribution >= 0.6 is 0 Å². The number of aliphatic hydroxyl groups excluding tert-OH is 1. The molecule has 1 fully saturated rings. The molecule has 2 rings (SSSR count). The third-order valence-electron chi connectivity index (χ3n) is 4.73. The topological polar surface area (TPSA) is 58.6 Å². The molecule has 122 valence electrons. The maximum atomic E-state index is 12.6. The number of aliphatic hydroxyl groups is 1. The number of rotatable bonds is 8. The van der Waals surface area contributed by atoms with Crippen molar-refractivity contribution >= 4 is 5.91 Å². The van der Waals surface area contributed by atoms with E-state index in [0.717, 1.165) is 44.1 Å². The van der Waals surface area contributed by atoms with Gasteiger partial charge in [0.1, 0.15) is 0 Å². The van der Waals surface area contributed by atoms with Crippen LogP contribution in [0.25, 0.3) is 0 Å². The average Bonchev–Trinajstić information content (AvgIpc) is 3.03. The second-order valence-corrected chi connectivity index (χ2v) is 6.21. The Morgan fingerprint density at radius 2 is 1.86 bits per heavy atom. The number of hydrogen-bond acceptors (Lipinski definition) is 3. The summed E-state index contributed by atoms with van der Waals surface area (Å²) in [4.78, 5) is 12.6. The zero-order chi connectivity index (χ0) is 15.8. The molecule has 0 bridgehead atoms. The number of amides is 1. The van der Waals surface area contributed by atoms with Gasteiger partial charge in [-0.3, -0.25) is 4.79 Å². The molecule has 1 aromatic rings. The SMILES string of the molecule is COCCC1(C(=O)NCCc2ccc(CO)cc2)CCCC1. The van der Waals surface area contributed by atoms with Crippen LogP contribution in [0.1, 0.15) is 43.2 Å². The molecule has 4 nitrogen and oxygen atoms in total. The molecule has 0 spiro atoms. The van der Waals surface area contributed by atoms with Crippen LogP contribution in [0.2, 0.25) is 0 Å². The normalized spacial score (nSPS) is 16.6. The van der Waals surface area contributed by atoms with E-state index >= 15 is 0 Å². The van der Waals surface area contributed by atoms with Crippen molar-refractivity contribution in [1.82, 2.24) is 5.32 Å². The predicted molar refractivity (Wildman–Crippen MR) is 86.5 cm³/mol. The molecule has 1 saturated carbocycles. The molecular formula is C18H27NO3. The Morgan fingerprint density at radius 1 is 1.23 bits per heavy atom. The molecule has 0 radical (unpaired) electrons. The summed E-state index contributed by atoms with van der Waals surface area (Å²) in [6, 6.07) is 7.87. The van der Waals surface area contributed by atoms with Crippen molar-refractivity contribution in [3.05, 3.63) is 35.4 Å². The van der Waals surface area contributed by atoms with Gasteiger partial charge >= 0.3 is 0 Å². The van der Waals surface area contributed by atoms with Gasteiger partial charge in [0.05, 0.1) is 12.0 Å². The molecular weight excluding hydrogens is 278 g/mol. The zero-order valence-corrected chi connectivity index (χ0v) is 13.4. The standard InChI is InChI=1S/C18H27NO3/c1-22-13-11-18(9-2-3-10-18)17(21)19-12-8-15-4-6-16(14-20)7-5-15/h4-7,20H,2-3,8-14H2,1H3,(H,19,21). The van der Waals surface area contributed by atoms with Crippen LogP contribution < -0.4 is 5.32 Å². The molecule has 1 aromatic carbocycles. The van der Waals surface area contributed by atoms with Gasteiger partial charge in [-0.15, -0.1) is 0 Å². The van der Waals surface area contributed by atoms with E-state index in [4.69, 9.17) is 9.84 Å². The van der Waals surface area contributed by atoms with Crippen molar-refractivity contribution in [3.8, 4) is 0 Å². The van der Waals surface area contributed by atoms with Crippen LogP contribution in [0.5, 0.6) is 0 Å². The Balaban J connectivity index is 1.82. The Hall–Kier alpha value is -1.39. The number of benzene rings is 1. The van der Waals surface area contributed by atoms with Crippen molar-refractivity contribution in [1.29, 1.82) is 0 Å². The molecule has 0 saturated heterocycles. The summed E-state index contributed by atoms with van der Waals surface area (Å²) in [6.07, 6.45) is 5.87. The number of carbonyl (C=O) groups is 1. The third kappa shape index (κ3) is 4.31. The third-order valence-corrected chi connectivity index (χ3v) is 4.73. The summed E-state index contributed by atoms with van der Waals surface area (Å²) in [5.74, 6) is 0.189. The van der Waals surface area contributed by atoms with Gasteiger partial charge in [0.25, 0.3) is 0 Å². The number of methoxy groups -OCH3 is 1. The molecule has 2 N–H and O–H groups in total. The first kappa shape index (κ1) is 17.0. The molecule has 1 aliphatic carbocycles. The van der Waals surface area contributed by atoms with E-state index in [1.165, 1.54) is 5.56 Å². The van der Waals surface area contributed by atoms with Gasteiger partial charge in [-0.25, -0.2) is 0 Å². The van der Waals surface area contributed by atoms with E-state index in [1.807, 2.05) is 24.3 Å². The number of hydrogen-bond donors (Lipinski definition) is 2. The molecule has 0 aliphatic heterocycles. The number of carbonyl (C=O) groups excluding carboxylic acids is 1. The molecule has 0 atom stereocenters. The first-order valence-corrected chi connectivity index (χ1v) is 8.16. The largest absolute Gasteiger partial charge is 0.392 e. The molecule has 0 heterocycles. The van der Waals surface area contributed by atoms with Crippen LogP contribution in [0, 0.1) is 5.41 Å². The smallest absolute Gasteiger partial charge is 0.226 e. The average molecular weight is 305 g/mol. The maximum Gasteiger partial charge on any atom is 0.226 e. The van der Waals surface area contributed by atoms with Gasteiger partial charge in [-0.2, -0.15) is 0 Å². The summed E-state index contributed by atoms with van der Waals surface area (Å²) in [5.41, 5.74) is 1.88. The monoisotopic (exact) mass is 305 g/mol. The highest BCUT2D eigenvalue weighted by Crippen LogP contribution is 2.41. The minimum absolute atomic E-state index is 0.0685. The predicted octanol–water partition coefficient (Wildman–Crippen LogP) is 2.43. The quantitative estimate of drug-likeness (QED) is 0.775. The Kier molecular flexibility index (Phi) is 6.40. The molecule has 0 aromatic heterocycles. The fourth-order valence-electron chi connectivity index (χ4n) is 3.26. The van der Waals surface area contributed by atoms with Gasteiger partial charge in [0, 0.05) is 20.3 Å². The van der Waals surface area contributed by atoms with Crippen LogP contribution in [0.15, 0.2) is 24.3 Å². The summed E-state index contributed by atoms with van der Waals surface area (Å²) in [6.45, 7) is 1.38. The lowest BCUT2D eigenvalue weighted by Gasteiger charge is -2.27. The lowest BCUT2D eigenvalue weighted by molar-refractivity contribution is -0.131. The van der Waals surface area contributed by atoms with Crippen molar-refractivity contribution in [2.45, 2.75) is 45.1 Å². The Bertz CT molecular complexity index is 464. The molecule has 1 aliphatic rings. The highest BCUT2D eigenvalue weighted by molar-refractivity contribution is 5.82. The lowest BCUT2D eigenvalue weighted by Crippen LogP contribution is -2.40. The van der Waals surface area contributed by atoms with Gasteiger partial charge < -0.3 is 15.2 Å². The van der Waals surface area contributed by atoms with Crippen molar-refractivity contribution < 1.29 is 14.6 Å². The van der Waals surface area contributed by atoms with Crippen molar-refractivity contribution in [2.75, 3.05) is 20.3 Å². The van der Waals surface area contributed by atoms with Crippen LogP contribution in [0.4, 0.5) is 0 Å².